The van der Waals surface area contributed by atoms with Gasteiger partial charge in [-0.3, -0.25) is 0 Å². The van der Waals surface area contributed by atoms with Crippen LogP contribution in [0.15, 0.2) is 30.6 Å². The van der Waals surface area contributed by atoms with Crippen LogP contribution < -0.4 is 10.1 Å². The first kappa shape index (κ1) is 10.4. The standard InChI is InChI=1S/C11H12N4O/c1-12-11-10(13-6-7-14-11)8-4-3-5-9(15-8)16-2/h3-7H,1-2H3,(H,12,14). The number of pyridine rings is 1. The van der Waals surface area contributed by atoms with E-state index in [1.807, 2.05) is 12.1 Å². The summed E-state index contributed by atoms with van der Waals surface area (Å²) in [4.78, 5) is 12.7. The minimum absolute atomic E-state index is 0.560. The molecule has 0 aliphatic carbocycles. The predicted octanol–water partition coefficient (Wildman–Crippen LogP) is 1.59. The Kier molecular flexibility index (Phi) is 2.95. The number of anilines is 1. The molecular weight excluding hydrogens is 204 g/mol. The van der Waals surface area contributed by atoms with Gasteiger partial charge in [0.25, 0.3) is 0 Å². The van der Waals surface area contributed by atoms with Gasteiger partial charge in [0.2, 0.25) is 5.88 Å². The highest BCUT2D eigenvalue weighted by molar-refractivity contribution is 5.67. The van der Waals surface area contributed by atoms with Crippen LogP contribution in [0.25, 0.3) is 11.4 Å². The lowest BCUT2D eigenvalue weighted by molar-refractivity contribution is 0.398. The normalized spacial score (nSPS) is 9.88. The van der Waals surface area contributed by atoms with Crippen LogP contribution in [0, 0.1) is 0 Å². The molecule has 2 heterocycles. The molecule has 0 aromatic carbocycles. The minimum Gasteiger partial charge on any atom is -0.481 e. The van der Waals surface area contributed by atoms with E-state index >= 15 is 0 Å². The molecular formula is C11H12N4O. The fourth-order valence-electron chi connectivity index (χ4n) is 1.37. The van der Waals surface area contributed by atoms with E-state index in [9.17, 15) is 0 Å². The number of nitrogens with one attached hydrogen (secondary N) is 1. The van der Waals surface area contributed by atoms with E-state index in [0.717, 1.165) is 5.69 Å². The molecule has 0 saturated carbocycles. The van der Waals surface area contributed by atoms with Crippen molar-refractivity contribution in [2.45, 2.75) is 0 Å². The molecule has 0 bridgehead atoms. The molecule has 2 aromatic heterocycles. The number of ether oxygens (including phenoxy) is 1. The van der Waals surface area contributed by atoms with Crippen LogP contribution in [-0.2, 0) is 0 Å². The second-order valence-electron chi connectivity index (χ2n) is 3.07. The molecule has 0 amide bonds. The van der Waals surface area contributed by atoms with Crippen molar-refractivity contribution in [1.82, 2.24) is 15.0 Å². The second kappa shape index (κ2) is 4.57. The van der Waals surface area contributed by atoms with Crippen molar-refractivity contribution < 1.29 is 4.74 Å². The molecule has 2 rings (SSSR count). The molecule has 0 unspecified atom stereocenters. The molecule has 0 saturated heterocycles. The number of hydrogen-bond donors (Lipinski definition) is 1. The molecule has 16 heavy (non-hydrogen) atoms. The van der Waals surface area contributed by atoms with Crippen molar-refractivity contribution >= 4 is 5.82 Å². The molecule has 0 spiro atoms. The Labute approximate surface area is 93.5 Å². The zero-order valence-corrected chi connectivity index (χ0v) is 9.14. The maximum Gasteiger partial charge on any atom is 0.213 e. The Morgan fingerprint density at radius 3 is 2.75 bits per heavy atom. The van der Waals surface area contributed by atoms with Crippen LogP contribution in [0.2, 0.25) is 0 Å². The van der Waals surface area contributed by atoms with Crippen molar-refractivity contribution in [1.29, 1.82) is 0 Å². The summed E-state index contributed by atoms with van der Waals surface area (Å²) in [5, 5.41) is 2.98. The van der Waals surface area contributed by atoms with Gasteiger partial charge in [-0.1, -0.05) is 6.07 Å². The van der Waals surface area contributed by atoms with Gasteiger partial charge in [0.05, 0.1) is 12.8 Å². The van der Waals surface area contributed by atoms with Crippen LogP contribution in [0.3, 0.4) is 0 Å². The van der Waals surface area contributed by atoms with Crippen LogP contribution in [-0.4, -0.2) is 29.1 Å². The van der Waals surface area contributed by atoms with Crippen molar-refractivity contribution in [2.75, 3.05) is 19.5 Å². The molecule has 0 atom stereocenters. The highest BCUT2D eigenvalue weighted by Crippen LogP contribution is 2.22. The van der Waals surface area contributed by atoms with Gasteiger partial charge in [-0.05, 0) is 6.07 Å². The van der Waals surface area contributed by atoms with Gasteiger partial charge in [-0.25, -0.2) is 15.0 Å². The maximum absolute atomic E-state index is 5.07. The van der Waals surface area contributed by atoms with Crippen molar-refractivity contribution in [3.8, 4) is 17.3 Å². The fraction of sp³-hybridized carbons (Fsp3) is 0.182. The van der Waals surface area contributed by atoms with Crippen molar-refractivity contribution in [3.05, 3.63) is 30.6 Å². The number of nitrogens with zero attached hydrogens (tertiary/aromatic N) is 3. The topological polar surface area (TPSA) is 59.9 Å². The van der Waals surface area contributed by atoms with Gasteiger partial charge < -0.3 is 10.1 Å². The average Bonchev–Trinajstić information content (AvgIpc) is 2.38. The number of rotatable bonds is 3. The maximum atomic E-state index is 5.07. The smallest absolute Gasteiger partial charge is 0.213 e. The first-order valence-corrected chi connectivity index (χ1v) is 4.85. The third kappa shape index (κ3) is 1.93. The summed E-state index contributed by atoms with van der Waals surface area (Å²) in [6.45, 7) is 0. The Balaban J connectivity index is 2.49. The monoisotopic (exact) mass is 216 g/mol. The van der Waals surface area contributed by atoms with Gasteiger partial charge in [0.1, 0.15) is 5.69 Å². The third-order valence-corrected chi connectivity index (χ3v) is 2.11. The van der Waals surface area contributed by atoms with E-state index in [-0.39, 0.29) is 0 Å². The van der Waals surface area contributed by atoms with Crippen LogP contribution >= 0.6 is 0 Å². The Hall–Kier alpha value is -2.17. The van der Waals surface area contributed by atoms with Crippen LogP contribution in [0.4, 0.5) is 5.82 Å². The molecule has 0 aliphatic rings. The van der Waals surface area contributed by atoms with E-state index in [4.69, 9.17) is 4.74 Å². The first-order chi connectivity index (χ1) is 7.85. The van der Waals surface area contributed by atoms with Crippen LogP contribution in [0.5, 0.6) is 5.88 Å². The van der Waals surface area contributed by atoms with Crippen LogP contribution in [0.1, 0.15) is 0 Å². The van der Waals surface area contributed by atoms with Gasteiger partial charge >= 0.3 is 0 Å². The highest BCUT2D eigenvalue weighted by atomic mass is 16.5. The number of hydrogen-bond acceptors (Lipinski definition) is 5. The van der Waals surface area contributed by atoms with Gasteiger partial charge in [0, 0.05) is 25.5 Å². The Morgan fingerprint density at radius 2 is 2.00 bits per heavy atom. The zero-order valence-electron chi connectivity index (χ0n) is 9.14. The molecule has 5 heteroatoms. The van der Waals surface area contributed by atoms with Gasteiger partial charge in [-0.2, -0.15) is 0 Å². The van der Waals surface area contributed by atoms with E-state index in [1.165, 1.54) is 0 Å². The quantitative estimate of drug-likeness (QED) is 0.844. The predicted molar refractivity (Wildman–Crippen MR) is 61.4 cm³/mol. The van der Waals surface area contributed by atoms with Gasteiger partial charge in [0.15, 0.2) is 5.82 Å². The summed E-state index contributed by atoms with van der Waals surface area (Å²) in [7, 11) is 3.38. The Morgan fingerprint density at radius 1 is 1.19 bits per heavy atom. The van der Waals surface area contributed by atoms with Crippen molar-refractivity contribution in [2.24, 2.45) is 0 Å². The first-order valence-electron chi connectivity index (χ1n) is 4.85. The zero-order chi connectivity index (χ0) is 11.4. The summed E-state index contributed by atoms with van der Waals surface area (Å²) in [6, 6.07) is 5.53. The van der Waals surface area contributed by atoms with Gasteiger partial charge in [-0.15, -0.1) is 0 Å². The molecule has 5 nitrogen and oxygen atoms in total. The second-order valence-corrected chi connectivity index (χ2v) is 3.07. The molecule has 0 radical (unpaired) electrons. The molecule has 0 fully saturated rings. The summed E-state index contributed by atoms with van der Waals surface area (Å²) >= 11 is 0. The molecule has 2 aromatic rings. The summed E-state index contributed by atoms with van der Waals surface area (Å²) in [5.74, 6) is 1.26. The summed E-state index contributed by atoms with van der Waals surface area (Å²) < 4.78 is 5.07. The fourth-order valence-corrected chi connectivity index (χ4v) is 1.37. The molecule has 82 valence electrons. The molecule has 0 aliphatic heterocycles. The van der Waals surface area contributed by atoms with E-state index < -0.39 is 0 Å². The summed E-state index contributed by atoms with van der Waals surface area (Å²) in [6.07, 6.45) is 3.27. The number of methoxy groups -OCH3 is 1. The Bertz CT molecular complexity index is 487. The summed E-state index contributed by atoms with van der Waals surface area (Å²) in [5.41, 5.74) is 1.45. The van der Waals surface area contributed by atoms with E-state index in [0.29, 0.717) is 17.4 Å². The highest BCUT2D eigenvalue weighted by Gasteiger charge is 2.08. The van der Waals surface area contributed by atoms with E-state index in [2.05, 4.69) is 20.3 Å². The average molecular weight is 216 g/mol. The number of aromatic nitrogens is 3. The lowest BCUT2D eigenvalue weighted by atomic mass is 10.2. The third-order valence-electron chi connectivity index (χ3n) is 2.11. The van der Waals surface area contributed by atoms with Crippen molar-refractivity contribution in [3.63, 3.8) is 0 Å². The lowest BCUT2D eigenvalue weighted by Crippen LogP contribution is -1.99. The minimum atomic E-state index is 0.560. The SMILES string of the molecule is CNc1nccnc1-c1cccc(OC)n1. The lowest BCUT2D eigenvalue weighted by Gasteiger charge is -2.06. The van der Waals surface area contributed by atoms with E-state index in [1.54, 1.807) is 32.6 Å². The molecule has 1 N–H and O–H groups in total. The largest absolute Gasteiger partial charge is 0.481 e.